The molecule has 1 heterocycles. The summed E-state index contributed by atoms with van der Waals surface area (Å²) in [4.78, 5) is 12.5. The van der Waals surface area contributed by atoms with Gasteiger partial charge < -0.3 is 19.5 Å². The van der Waals surface area contributed by atoms with E-state index in [4.69, 9.17) is 4.74 Å². The van der Waals surface area contributed by atoms with Crippen LogP contribution in [0.2, 0.25) is 0 Å². The number of hydrogen-bond donors (Lipinski definition) is 2. The van der Waals surface area contributed by atoms with Gasteiger partial charge in [-0.1, -0.05) is 12.1 Å². The fourth-order valence-electron chi connectivity index (χ4n) is 2.25. The summed E-state index contributed by atoms with van der Waals surface area (Å²) in [7, 11) is 3.06. The molecule has 0 aliphatic heterocycles. The van der Waals surface area contributed by atoms with Crippen molar-refractivity contribution in [2.75, 3.05) is 7.11 Å². The third-order valence-corrected chi connectivity index (χ3v) is 3.24. The Kier molecular flexibility index (Phi) is 3.78. The number of nitrogens with zero attached hydrogens (tertiary/aromatic N) is 1. The Balaban J connectivity index is 2.87. The minimum Gasteiger partial charge on any atom is -0.506 e. The van der Waals surface area contributed by atoms with Gasteiger partial charge in [-0.25, -0.2) is 0 Å². The maximum absolute atomic E-state index is 12.5. The van der Waals surface area contributed by atoms with E-state index in [2.05, 4.69) is 0 Å². The van der Waals surface area contributed by atoms with Gasteiger partial charge in [0.25, 0.3) is 5.56 Å². The van der Waals surface area contributed by atoms with E-state index in [1.165, 1.54) is 23.8 Å². The summed E-state index contributed by atoms with van der Waals surface area (Å²) in [6, 6.07) is 4.98. The fraction of sp³-hybridized carbons (Fsp3) is 0.312. The number of aromatic hydroxyl groups is 1. The highest BCUT2D eigenvalue weighted by atomic mass is 16.5. The second-order valence-electron chi connectivity index (χ2n) is 5.47. The van der Waals surface area contributed by atoms with E-state index >= 15 is 0 Å². The van der Waals surface area contributed by atoms with Crippen molar-refractivity contribution in [1.29, 1.82) is 0 Å². The number of pyridine rings is 1. The van der Waals surface area contributed by atoms with Gasteiger partial charge in [-0.2, -0.15) is 0 Å². The first-order chi connectivity index (χ1) is 9.76. The van der Waals surface area contributed by atoms with E-state index in [1.807, 2.05) is 0 Å². The van der Waals surface area contributed by atoms with Crippen molar-refractivity contribution in [2.24, 2.45) is 7.05 Å². The third-order valence-electron chi connectivity index (χ3n) is 3.24. The summed E-state index contributed by atoms with van der Waals surface area (Å²) < 4.78 is 6.73. The third kappa shape index (κ3) is 2.78. The smallest absolute Gasteiger partial charge is 0.261 e. The molecule has 21 heavy (non-hydrogen) atoms. The largest absolute Gasteiger partial charge is 0.506 e. The highest BCUT2D eigenvalue weighted by Crippen LogP contribution is 2.32. The molecule has 2 N–H and O–H groups in total. The summed E-state index contributed by atoms with van der Waals surface area (Å²) in [5.74, 6) is 0.396. The molecule has 0 spiro atoms. The van der Waals surface area contributed by atoms with E-state index < -0.39 is 5.60 Å². The molecule has 0 radical (unpaired) electrons. The van der Waals surface area contributed by atoms with E-state index in [9.17, 15) is 15.0 Å². The molecule has 0 atom stereocenters. The van der Waals surface area contributed by atoms with Gasteiger partial charge in [0, 0.05) is 12.4 Å². The van der Waals surface area contributed by atoms with Gasteiger partial charge >= 0.3 is 0 Å². The minimum atomic E-state index is -1.04. The zero-order chi connectivity index (χ0) is 15.8. The Morgan fingerprint density at radius 3 is 2.57 bits per heavy atom. The van der Waals surface area contributed by atoms with Crippen LogP contribution in [0.4, 0.5) is 0 Å². The molecule has 5 heteroatoms. The molecule has 1 aromatic carbocycles. The Morgan fingerprint density at radius 2 is 2.00 bits per heavy atom. The Hall–Kier alpha value is -2.27. The molecule has 0 saturated carbocycles. The predicted molar refractivity (Wildman–Crippen MR) is 82.7 cm³/mol. The van der Waals surface area contributed by atoms with Crippen LogP contribution in [-0.2, 0) is 7.05 Å². The molecule has 0 aliphatic carbocycles. The minimum absolute atomic E-state index is 0.0171. The van der Waals surface area contributed by atoms with E-state index in [0.717, 1.165) is 0 Å². The molecular formula is C16H19NO4. The standard InChI is InChI=1S/C16H19NO4/c1-16(2,20)9-8-11-14(21-4)10-6-5-7-12(18)13(10)17(3)15(11)19/h5-9,18,20H,1-4H3/b9-8+. The summed E-state index contributed by atoms with van der Waals surface area (Å²) in [6.45, 7) is 3.24. The van der Waals surface area contributed by atoms with Crippen LogP contribution in [0, 0.1) is 0 Å². The number of methoxy groups -OCH3 is 1. The maximum atomic E-state index is 12.5. The van der Waals surface area contributed by atoms with Crippen molar-refractivity contribution in [3.05, 3.63) is 40.2 Å². The number of benzene rings is 1. The number of aryl methyl sites for hydroxylation is 1. The van der Waals surface area contributed by atoms with Crippen LogP contribution in [0.5, 0.6) is 11.5 Å². The average Bonchev–Trinajstić information content (AvgIpc) is 2.40. The van der Waals surface area contributed by atoms with Crippen molar-refractivity contribution in [1.82, 2.24) is 4.57 Å². The van der Waals surface area contributed by atoms with Crippen LogP contribution in [0.15, 0.2) is 29.1 Å². The number of aliphatic hydroxyl groups is 1. The topological polar surface area (TPSA) is 71.7 Å². The molecule has 0 aliphatic rings. The molecule has 2 rings (SSSR count). The van der Waals surface area contributed by atoms with Crippen LogP contribution < -0.4 is 10.3 Å². The van der Waals surface area contributed by atoms with E-state index in [1.54, 1.807) is 39.1 Å². The summed E-state index contributed by atoms with van der Waals surface area (Å²) in [5, 5.41) is 20.4. The molecular weight excluding hydrogens is 270 g/mol. The highest BCUT2D eigenvalue weighted by Gasteiger charge is 2.17. The van der Waals surface area contributed by atoms with Gasteiger partial charge in [-0.3, -0.25) is 4.79 Å². The Bertz CT molecular complexity index is 766. The zero-order valence-electron chi connectivity index (χ0n) is 12.5. The number of fused-ring (bicyclic) bond motifs is 1. The predicted octanol–water partition coefficient (Wildman–Crippen LogP) is 2.04. The van der Waals surface area contributed by atoms with Crippen LogP contribution in [0.1, 0.15) is 19.4 Å². The van der Waals surface area contributed by atoms with Gasteiger partial charge in [-0.15, -0.1) is 0 Å². The summed E-state index contributed by atoms with van der Waals surface area (Å²) in [6.07, 6.45) is 3.07. The van der Waals surface area contributed by atoms with E-state index in [0.29, 0.717) is 22.2 Å². The lowest BCUT2D eigenvalue weighted by Gasteiger charge is -2.15. The molecule has 0 fully saturated rings. The molecule has 5 nitrogen and oxygen atoms in total. The van der Waals surface area contributed by atoms with Crippen molar-refractivity contribution in [2.45, 2.75) is 19.4 Å². The molecule has 0 amide bonds. The number of phenols is 1. The number of aromatic nitrogens is 1. The summed E-state index contributed by atoms with van der Waals surface area (Å²) >= 11 is 0. The number of rotatable bonds is 3. The molecule has 2 aromatic rings. The molecule has 0 bridgehead atoms. The molecule has 0 saturated heterocycles. The lowest BCUT2D eigenvalue weighted by atomic mass is 10.1. The first-order valence-electron chi connectivity index (χ1n) is 6.56. The van der Waals surface area contributed by atoms with Crippen LogP contribution in [-0.4, -0.2) is 27.5 Å². The van der Waals surface area contributed by atoms with Crippen LogP contribution >= 0.6 is 0 Å². The highest BCUT2D eigenvalue weighted by molar-refractivity contribution is 5.92. The number of ether oxygens (including phenoxy) is 1. The maximum Gasteiger partial charge on any atom is 0.261 e. The number of hydrogen-bond acceptors (Lipinski definition) is 4. The SMILES string of the molecule is COc1c(/C=C/C(C)(C)O)c(=O)n(C)c2c(O)cccc12. The number of phenolic OH excluding ortho intramolecular Hbond substituents is 1. The quantitative estimate of drug-likeness (QED) is 0.907. The van der Waals surface area contributed by atoms with Crippen molar-refractivity contribution >= 4 is 17.0 Å². The Labute approximate surface area is 122 Å². The first-order valence-corrected chi connectivity index (χ1v) is 6.56. The molecule has 0 unspecified atom stereocenters. The lowest BCUT2D eigenvalue weighted by Crippen LogP contribution is -2.21. The lowest BCUT2D eigenvalue weighted by molar-refractivity contribution is 0.134. The van der Waals surface area contributed by atoms with Crippen LogP contribution in [0.25, 0.3) is 17.0 Å². The van der Waals surface area contributed by atoms with Crippen molar-refractivity contribution < 1.29 is 14.9 Å². The average molecular weight is 289 g/mol. The Morgan fingerprint density at radius 1 is 1.33 bits per heavy atom. The van der Waals surface area contributed by atoms with Gasteiger partial charge in [0.2, 0.25) is 0 Å². The second kappa shape index (κ2) is 5.26. The normalized spacial score (nSPS) is 12.2. The van der Waals surface area contributed by atoms with Gasteiger partial charge in [-0.05, 0) is 32.1 Å². The van der Waals surface area contributed by atoms with Crippen molar-refractivity contribution in [3.63, 3.8) is 0 Å². The van der Waals surface area contributed by atoms with Gasteiger partial charge in [0.15, 0.2) is 0 Å². The monoisotopic (exact) mass is 289 g/mol. The van der Waals surface area contributed by atoms with Crippen LogP contribution in [0.3, 0.4) is 0 Å². The van der Waals surface area contributed by atoms with Gasteiger partial charge in [0.05, 0.1) is 23.8 Å². The number of para-hydroxylation sites is 1. The second-order valence-corrected chi connectivity index (χ2v) is 5.47. The van der Waals surface area contributed by atoms with Gasteiger partial charge in [0.1, 0.15) is 11.5 Å². The zero-order valence-corrected chi connectivity index (χ0v) is 12.5. The fourth-order valence-corrected chi connectivity index (χ4v) is 2.25. The van der Waals surface area contributed by atoms with E-state index in [-0.39, 0.29) is 11.3 Å². The molecule has 112 valence electrons. The van der Waals surface area contributed by atoms with Crippen molar-refractivity contribution in [3.8, 4) is 11.5 Å². The summed E-state index contributed by atoms with van der Waals surface area (Å²) in [5.41, 5.74) is -0.592. The first kappa shape index (κ1) is 15.1. The molecule has 1 aromatic heterocycles.